The quantitative estimate of drug-likeness (QED) is 0.769. The summed E-state index contributed by atoms with van der Waals surface area (Å²) in [6.45, 7) is 6.64. The minimum Gasteiger partial charge on any atom is -0.379 e. The fraction of sp³-hybridized carbons (Fsp3) is 0.652. The van der Waals surface area contributed by atoms with E-state index in [1.54, 1.807) is 12.1 Å². The predicted octanol–water partition coefficient (Wildman–Crippen LogP) is 2.02. The molecule has 8 heteroatoms. The van der Waals surface area contributed by atoms with Gasteiger partial charge in [0.2, 0.25) is 5.91 Å². The second kappa shape index (κ2) is 9.63. The van der Waals surface area contributed by atoms with Gasteiger partial charge in [0.1, 0.15) is 17.6 Å². The van der Waals surface area contributed by atoms with Crippen LogP contribution in [0.4, 0.5) is 4.39 Å². The number of nitrogens with zero attached hydrogens (tertiary/aromatic N) is 2. The fourth-order valence-corrected chi connectivity index (χ4v) is 4.82. The van der Waals surface area contributed by atoms with Crippen LogP contribution in [-0.2, 0) is 14.3 Å². The number of morpholine rings is 1. The summed E-state index contributed by atoms with van der Waals surface area (Å²) in [5.41, 5.74) is -0.852. The third-order valence-corrected chi connectivity index (χ3v) is 6.77. The molecule has 2 saturated heterocycles. The van der Waals surface area contributed by atoms with Crippen molar-refractivity contribution >= 4 is 11.8 Å². The molecule has 31 heavy (non-hydrogen) atoms. The molecule has 0 aromatic heterocycles. The van der Waals surface area contributed by atoms with E-state index in [1.165, 1.54) is 17.0 Å². The van der Waals surface area contributed by atoms with Crippen LogP contribution >= 0.6 is 0 Å². The first-order valence-electron chi connectivity index (χ1n) is 11.3. The van der Waals surface area contributed by atoms with Crippen LogP contribution in [0.15, 0.2) is 24.3 Å². The van der Waals surface area contributed by atoms with Crippen LogP contribution in [0, 0.1) is 11.7 Å². The Labute approximate surface area is 182 Å². The number of carbonyl (C=O) groups excluding carboxylic acids is 2. The Balaban J connectivity index is 1.49. The van der Waals surface area contributed by atoms with Gasteiger partial charge >= 0.3 is 0 Å². The second-order valence-corrected chi connectivity index (χ2v) is 8.86. The first-order chi connectivity index (χ1) is 15.0. The molecule has 7 nitrogen and oxygen atoms in total. The molecule has 1 saturated carbocycles. The van der Waals surface area contributed by atoms with Gasteiger partial charge in [-0.05, 0) is 43.7 Å². The number of amides is 2. The zero-order chi connectivity index (χ0) is 21.8. The monoisotopic (exact) mass is 433 g/mol. The number of carbonyl (C=O) groups is 2. The van der Waals surface area contributed by atoms with Crippen molar-refractivity contribution in [3.8, 4) is 0 Å². The Morgan fingerprint density at radius 3 is 2.61 bits per heavy atom. The van der Waals surface area contributed by atoms with Crippen LogP contribution in [0.2, 0.25) is 0 Å². The van der Waals surface area contributed by atoms with Crippen molar-refractivity contribution < 1.29 is 23.5 Å². The number of hydrogen-bond donors (Lipinski definition) is 1. The van der Waals surface area contributed by atoms with Crippen molar-refractivity contribution in [1.82, 2.24) is 15.1 Å². The van der Waals surface area contributed by atoms with E-state index in [9.17, 15) is 14.0 Å². The number of ether oxygens (including phenoxy) is 2. The van der Waals surface area contributed by atoms with Crippen molar-refractivity contribution in [3.05, 3.63) is 35.6 Å². The molecular weight excluding hydrogens is 401 g/mol. The van der Waals surface area contributed by atoms with Crippen LogP contribution in [0.1, 0.15) is 43.0 Å². The topological polar surface area (TPSA) is 71.1 Å². The van der Waals surface area contributed by atoms with Crippen LogP contribution in [0.3, 0.4) is 0 Å². The molecular formula is C23H32FN3O4. The highest BCUT2D eigenvalue weighted by molar-refractivity contribution is 5.98. The molecule has 1 aliphatic carbocycles. The summed E-state index contributed by atoms with van der Waals surface area (Å²) in [7, 11) is 0. The summed E-state index contributed by atoms with van der Waals surface area (Å²) in [6, 6.07) is 5.19. The standard InChI is InChI=1S/C23H32FN3O4/c1-17-6-8-23(9-7-17)27(22(29)18-4-2-3-5-19(18)24)20(16-31-23)21(28)25-10-11-26-12-14-30-15-13-26/h2-5,17,20H,6-16H2,1H3,(H,25,28)/t17?,20-,23?/m0/s1. The minimum absolute atomic E-state index is 0.0166. The van der Waals surface area contributed by atoms with E-state index in [1.807, 2.05) is 0 Å². The summed E-state index contributed by atoms with van der Waals surface area (Å²) in [6.07, 6.45) is 3.14. The van der Waals surface area contributed by atoms with Gasteiger partial charge in [-0.1, -0.05) is 19.1 Å². The van der Waals surface area contributed by atoms with Crippen molar-refractivity contribution in [2.75, 3.05) is 46.0 Å². The molecule has 2 heterocycles. The number of halogens is 1. The van der Waals surface area contributed by atoms with Gasteiger partial charge in [0.05, 0.1) is 25.4 Å². The van der Waals surface area contributed by atoms with E-state index in [0.717, 1.165) is 32.5 Å². The van der Waals surface area contributed by atoms with Crippen molar-refractivity contribution in [2.24, 2.45) is 5.92 Å². The summed E-state index contributed by atoms with van der Waals surface area (Å²) in [4.78, 5) is 30.3. The Bertz CT molecular complexity index is 791. The molecule has 3 fully saturated rings. The molecule has 2 amide bonds. The van der Waals surface area contributed by atoms with Crippen LogP contribution in [0.5, 0.6) is 0 Å². The predicted molar refractivity (Wildman–Crippen MR) is 113 cm³/mol. The highest BCUT2D eigenvalue weighted by Gasteiger charge is 2.53. The van der Waals surface area contributed by atoms with Gasteiger partial charge in [-0.15, -0.1) is 0 Å². The molecule has 0 unspecified atom stereocenters. The molecule has 0 bridgehead atoms. The highest BCUT2D eigenvalue weighted by atomic mass is 19.1. The van der Waals surface area contributed by atoms with Gasteiger partial charge in [0.25, 0.3) is 5.91 Å². The zero-order valence-corrected chi connectivity index (χ0v) is 18.1. The van der Waals surface area contributed by atoms with Gasteiger partial charge in [0, 0.05) is 26.2 Å². The number of hydrogen-bond acceptors (Lipinski definition) is 5. The third kappa shape index (κ3) is 4.76. The van der Waals surface area contributed by atoms with Crippen LogP contribution in [0.25, 0.3) is 0 Å². The lowest BCUT2D eigenvalue weighted by molar-refractivity contribution is -0.128. The molecule has 1 aromatic rings. The largest absolute Gasteiger partial charge is 0.379 e. The molecule has 170 valence electrons. The minimum atomic E-state index is -0.835. The van der Waals surface area contributed by atoms with Gasteiger partial charge in [-0.25, -0.2) is 4.39 Å². The molecule has 0 radical (unpaired) electrons. The van der Waals surface area contributed by atoms with Gasteiger partial charge in [-0.3, -0.25) is 19.4 Å². The average Bonchev–Trinajstić information content (AvgIpc) is 3.15. The van der Waals surface area contributed by atoms with Crippen LogP contribution < -0.4 is 5.32 Å². The molecule has 1 N–H and O–H groups in total. The number of benzene rings is 1. The first-order valence-corrected chi connectivity index (χ1v) is 11.3. The maximum absolute atomic E-state index is 14.4. The van der Waals surface area contributed by atoms with E-state index in [0.29, 0.717) is 38.5 Å². The first kappa shape index (κ1) is 22.2. The lowest BCUT2D eigenvalue weighted by Gasteiger charge is -2.43. The lowest BCUT2D eigenvalue weighted by Crippen LogP contribution is -2.57. The molecule has 1 atom stereocenters. The molecule has 2 aliphatic heterocycles. The van der Waals surface area contributed by atoms with E-state index >= 15 is 0 Å². The van der Waals surface area contributed by atoms with E-state index in [-0.39, 0.29) is 18.1 Å². The van der Waals surface area contributed by atoms with Crippen molar-refractivity contribution in [2.45, 2.75) is 44.4 Å². The van der Waals surface area contributed by atoms with Gasteiger partial charge in [-0.2, -0.15) is 0 Å². The van der Waals surface area contributed by atoms with Crippen LogP contribution in [-0.4, -0.2) is 79.4 Å². The highest BCUT2D eigenvalue weighted by Crippen LogP contribution is 2.43. The summed E-state index contributed by atoms with van der Waals surface area (Å²) in [5, 5.41) is 2.96. The smallest absolute Gasteiger partial charge is 0.259 e. The average molecular weight is 434 g/mol. The summed E-state index contributed by atoms with van der Waals surface area (Å²) < 4.78 is 25.9. The summed E-state index contributed by atoms with van der Waals surface area (Å²) >= 11 is 0. The molecule has 3 aliphatic rings. The van der Waals surface area contributed by atoms with E-state index < -0.39 is 23.5 Å². The molecule has 1 spiro atoms. The Hall–Kier alpha value is -2.03. The fourth-order valence-electron chi connectivity index (χ4n) is 4.82. The second-order valence-electron chi connectivity index (χ2n) is 8.86. The SMILES string of the molecule is CC1CCC2(CC1)OC[C@@H](C(=O)NCCN1CCOCC1)N2C(=O)c1ccccc1F. The lowest BCUT2D eigenvalue weighted by atomic mass is 9.83. The van der Waals surface area contributed by atoms with E-state index in [4.69, 9.17) is 9.47 Å². The van der Waals surface area contributed by atoms with Gasteiger partial charge < -0.3 is 14.8 Å². The Morgan fingerprint density at radius 2 is 1.90 bits per heavy atom. The molecule has 1 aromatic carbocycles. The zero-order valence-electron chi connectivity index (χ0n) is 18.1. The Kier molecular flexibility index (Phi) is 6.89. The van der Waals surface area contributed by atoms with Gasteiger partial charge in [0.15, 0.2) is 0 Å². The normalized spacial score (nSPS) is 29.3. The van der Waals surface area contributed by atoms with Crippen molar-refractivity contribution in [3.63, 3.8) is 0 Å². The summed E-state index contributed by atoms with van der Waals surface area (Å²) in [5.74, 6) is -0.752. The number of nitrogens with one attached hydrogen (secondary N) is 1. The van der Waals surface area contributed by atoms with E-state index in [2.05, 4.69) is 17.1 Å². The number of rotatable bonds is 5. The Morgan fingerprint density at radius 1 is 1.19 bits per heavy atom. The molecule has 4 rings (SSSR count). The third-order valence-electron chi connectivity index (χ3n) is 6.77. The maximum atomic E-state index is 14.4. The maximum Gasteiger partial charge on any atom is 0.259 e. The van der Waals surface area contributed by atoms with Crippen molar-refractivity contribution in [1.29, 1.82) is 0 Å².